The average Bonchev–Trinajstić information content (AvgIpc) is 3.75. The fourth-order valence-electron chi connectivity index (χ4n) is 5.67. The Balaban J connectivity index is 1.23. The van der Waals surface area contributed by atoms with Crippen molar-refractivity contribution in [3.05, 3.63) is 50.3 Å². The van der Waals surface area contributed by atoms with Gasteiger partial charge in [-0.1, -0.05) is 6.42 Å². The van der Waals surface area contributed by atoms with Crippen molar-refractivity contribution in [3.63, 3.8) is 0 Å². The molecule has 13 nitrogen and oxygen atoms in total. The molecule has 1 aliphatic carbocycles. The van der Waals surface area contributed by atoms with Gasteiger partial charge in [0.15, 0.2) is 17.1 Å². The number of quaternary nitrogens is 1. The Morgan fingerprint density at radius 3 is 2.88 bits per heavy atom. The first-order valence-electron chi connectivity index (χ1n) is 13.9. The van der Waals surface area contributed by atoms with Gasteiger partial charge in [0.05, 0.1) is 30.5 Å². The number of amides is 1. The average molecular weight is 609 g/mol. The van der Waals surface area contributed by atoms with E-state index in [9.17, 15) is 9.59 Å². The van der Waals surface area contributed by atoms with Gasteiger partial charge in [0.25, 0.3) is 5.91 Å². The van der Waals surface area contributed by atoms with Crippen LogP contribution in [0.4, 0.5) is 11.8 Å². The number of thiazole rings is 1. The highest BCUT2D eigenvalue weighted by atomic mass is 32.1. The van der Waals surface area contributed by atoms with E-state index < -0.39 is 5.91 Å². The molecule has 5 aromatic rings. The third-order valence-corrected chi connectivity index (χ3v) is 9.88. The first-order chi connectivity index (χ1) is 20.5. The zero-order valence-corrected chi connectivity index (χ0v) is 24.4. The molecule has 2 fully saturated rings. The molecule has 1 saturated carbocycles. The first kappa shape index (κ1) is 26.9. The lowest BCUT2D eigenvalue weighted by Crippen LogP contribution is -2.68. The Morgan fingerprint density at radius 1 is 1.24 bits per heavy atom. The predicted molar refractivity (Wildman–Crippen MR) is 159 cm³/mol. The lowest BCUT2D eigenvalue weighted by molar-refractivity contribution is -0.427. The van der Waals surface area contributed by atoms with Gasteiger partial charge in [-0.15, -0.1) is 32.9 Å². The standard InChI is InChI=1S/C27H29N9O4S2/c28-16-3-1-2-4-17(16)32-27-33-18(21(24(29)38)25-34-31-13-36(25)27)9-14-11-30-26(42-14)15-12-41-23-19(37)10-20(40-22(15)23)35-5-7-39-8-6-35/h10-13,16-17H,1-9,28H2,(H2,29,38)(H,32,33)/p+1/t16-,17+/m1/s1. The lowest BCUT2D eigenvalue weighted by atomic mass is 9.91. The van der Waals surface area contributed by atoms with Gasteiger partial charge < -0.3 is 30.8 Å². The molecule has 218 valence electrons. The number of nitrogens with zero attached hydrogens (tertiary/aromatic N) is 6. The van der Waals surface area contributed by atoms with Gasteiger partial charge in [0, 0.05) is 48.5 Å². The highest BCUT2D eigenvalue weighted by Crippen LogP contribution is 2.37. The van der Waals surface area contributed by atoms with Crippen LogP contribution in [-0.2, 0) is 11.2 Å². The van der Waals surface area contributed by atoms with Crippen LogP contribution in [0.25, 0.3) is 26.5 Å². The molecule has 1 aliphatic heterocycles. The van der Waals surface area contributed by atoms with Crippen LogP contribution < -0.4 is 27.1 Å². The monoisotopic (exact) mass is 608 g/mol. The third-order valence-electron chi connectivity index (χ3n) is 7.88. The Morgan fingerprint density at radius 2 is 2.07 bits per heavy atom. The highest BCUT2D eigenvalue weighted by molar-refractivity contribution is 7.19. The van der Waals surface area contributed by atoms with Gasteiger partial charge >= 0.3 is 0 Å². The molecular formula is C27H30N9O4S2+. The summed E-state index contributed by atoms with van der Waals surface area (Å²) in [5.74, 6) is 0.467. The van der Waals surface area contributed by atoms with Crippen molar-refractivity contribution in [1.82, 2.24) is 24.6 Å². The van der Waals surface area contributed by atoms with Crippen molar-refractivity contribution in [2.45, 2.75) is 44.2 Å². The minimum absolute atomic E-state index is 0.0785. The molecule has 5 aromatic heterocycles. The number of rotatable bonds is 7. The summed E-state index contributed by atoms with van der Waals surface area (Å²) in [6.07, 6.45) is 7.93. The van der Waals surface area contributed by atoms with Gasteiger partial charge in [0.1, 0.15) is 27.6 Å². The number of carbonyl (C=O) groups excluding carboxylic acids is 1. The number of aromatic nitrogens is 5. The van der Waals surface area contributed by atoms with Crippen LogP contribution in [0.5, 0.6) is 0 Å². The maximum atomic E-state index is 12.9. The summed E-state index contributed by atoms with van der Waals surface area (Å²) in [6, 6.07) is 1.96. The van der Waals surface area contributed by atoms with E-state index in [-0.39, 0.29) is 23.1 Å². The first-order valence-corrected chi connectivity index (χ1v) is 15.6. The van der Waals surface area contributed by atoms with Crippen LogP contribution in [0.2, 0.25) is 0 Å². The topological polar surface area (TPSA) is 181 Å². The highest BCUT2D eigenvalue weighted by Gasteiger charge is 2.28. The maximum absolute atomic E-state index is 12.9. The largest absolute Gasteiger partial charge is 0.439 e. The number of ether oxygens (including phenoxy) is 1. The summed E-state index contributed by atoms with van der Waals surface area (Å²) in [6.45, 7) is 2.50. The Labute approximate surface area is 247 Å². The molecule has 6 heterocycles. The molecule has 1 saturated heterocycles. The van der Waals surface area contributed by atoms with E-state index in [2.05, 4.69) is 26.2 Å². The summed E-state index contributed by atoms with van der Waals surface area (Å²) in [7, 11) is 0. The molecule has 0 unspecified atom stereocenters. The third kappa shape index (κ3) is 4.91. The van der Waals surface area contributed by atoms with Crippen molar-refractivity contribution in [1.29, 1.82) is 0 Å². The van der Waals surface area contributed by atoms with E-state index in [4.69, 9.17) is 19.9 Å². The lowest BCUT2D eigenvalue weighted by Gasteiger charge is -2.27. The van der Waals surface area contributed by atoms with E-state index in [0.717, 1.165) is 29.7 Å². The van der Waals surface area contributed by atoms with Crippen LogP contribution in [-0.4, -0.2) is 68.9 Å². The SMILES string of the molecule is NC(=O)c1c(Cc2cnc(-c3csc4c(=O)cc(N5CCOCC5)oc34)s2)nc(N[C@H]2CCCC[C@H]2[NH3+])n2cnnc12. The van der Waals surface area contributed by atoms with Crippen molar-refractivity contribution < 1.29 is 19.7 Å². The second-order valence-corrected chi connectivity index (χ2v) is 12.6. The predicted octanol–water partition coefficient (Wildman–Crippen LogP) is 1.91. The number of nitrogens with two attached hydrogens (primary N) is 1. The Bertz CT molecular complexity index is 1840. The van der Waals surface area contributed by atoms with E-state index in [1.807, 2.05) is 10.3 Å². The number of morpholine rings is 1. The fourth-order valence-corrected chi connectivity index (χ4v) is 7.56. The second-order valence-electron chi connectivity index (χ2n) is 10.6. The zero-order chi connectivity index (χ0) is 28.8. The molecule has 6 N–H and O–H groups in total. The van der Waals surface area contributed by atoms with Crippen molar-refractivity contribution in [2.75, 3.05) is 36.5 Å². The normalized spacial score (nSPS) is 19.5. The van der Waals surface area contributed by atoms with Crippen LogP contribution in [0, 0.1) is 0 Å². The summed E-state index contributed by atoms with van der Waals surface area (Å²) in [4.78, 5) is 37.9. The zero-order valence-electron chi connectivity index (χ0n) is 22.7. The Hall–Kier alpha value is -3.92. The minimum atomic E-state index is -0.624. The van der Waals surface area contributed by atoms with Crippen LogP contribution >= 0.6 is 22.7 Å². The van der Waals surface area contributed by atoms with E-state index in [1.165, 1.54) is 35.4 Å². The molecule has 2 atom stereocenters. The van der Waals surface area contributed by atoms with Crippen LogP contribution in [0.1, 0.15) is 46.6 Å². The quantitative estimate of drug-likeness (QED) is 0.247. The summed E-state index contributed by atoms with van der Waals surface area (Å²) in [5.41, 5.74) is 12.4. The van der Waals surface area contributed by atoms with E-state index >= 15 is 0 Å². The molecule has 7 rings (SSSR count). The fraction of sp³-hybridized carbons (Fsp3) is 0.407. The molecule has 42 heavy (non-hydrogen) atoms. The number of hydrogen-bond donors (Lipinski definition) is 3. The van der Waals surface area contributed by atoms with Crippen LogP contribution in [0.15, 0.2) is 33.2 Å². The number of thiophene rings is 1. The van der Waals surface area contributed by atoms with Crippen molar-refractivity contribution in [2.24, 2.45) is 5.73 Å². The summed E-state index contributed by atoms with van der Waals surface area (Å²) >= 11 is 2.80. The minimum Gasteiger partial charge on any atom is -0.439 e. The number of primary amides is 1. The van der Waals surface area contributed by atoms with Gasteiger partial charge in [-0.2, -0.15) is 0 Å². The maximum Gasteiger partial charge on any atom is 0.254 e. The van der Waals surface area contributed by atoms with Gasteiger partial charge in [-0.3, -0.25) is 14.0 Å². The van der Waals surface area contributed by atoms with Crippen molar-refractivity contribution in [3.8, 4) is 10.6 Å². The second kappa shape index (κ2) is 11.1. The summed E-state index contributed by atoms with van der Waals surface area (Å²) < 4.78 is 13.9. The molecule has 15 heteroatoms. The molecule has 2 aliphatic rings. The number of fused-ring (bicyclic) bond motifs is 2. The van der Waals surface area contributed by atoms with Gasteiger partial charge in [-0.25, -0.2) is 9.97 Å². The van der Waals surface area contributed by atoms with Crippen molar-refractivity contribution >= 4 is 56.3 Å². The Kier molecular flexibility index (Phi) is 7.09. The summed E-state index contributed by atoms with van der Waals surface area (Å²) in [5, 5.41) is 14.4. The smallest absolute Gasteiger partial charge is 0.254 e. The number of nitrogens with one attached hydrogen (secondary N) is 1. The number of anilines is 2. The molecule has 1 amide bonds. The molecule has 0 bridgehead atoms. The molecule has 0 radical (unpaired) electrons. The molecular weight excluding hydrogens is 578 g/mol. The number of carbonyl (C=O) groups is 1. The van der Waals surface area contributed by atoms with E-state index in [1.54, 1.807) is 16.7 Å². The van der Waals surface area contributed by atoms with Gasteiger partial charge in [-0.05, 0) is 12.8 Å². The molecule has 0 aromatic carbocycles. The molecule has 0 spiro atoms. The van der Waals surface area contributed by atoms with Gasteiger partial charge in [0.2, 0.25) is 11.4 Å². The van der Waals surface area contributed by atoms with E-state index in [0.29, 0.717) is 71.2 Å². The number of hydrogen-bond acceptors (Lipinski definition) is 12. The van der Waals surface area contributed by atoms with Crippen LogP contribution in [0.3, 0.4) is 0 Å².